The van der Waals surface area contributed by atoms with E-state index in [2.05, 4.69) is 5.32 Å². The van der Waals surface area contributed by atoms with Crippen molar-refractivity contribution in [2.45, 2.75) is 6.42 Å². The van der Waals surface area contributed by atoms with Gasteiger partial charge in [-0.05, 0) is 35.9 Å². The van der Waals surface area contributed by atoms with Gasteiger partial charge in [0, 0.05) is 5.02 Å². The molecule has 120 valence electrons. The van der Waals surface area contributed by atoms with Crippen LogP contribution in [0.15, 0.2) is 36.4 Å². The minimum atomic E-state index is -0.165. The molecular formula is C17H16ClNO4. The molecule has 1 aliphatic heterocycles. The van der Waals surface area contributed by atoms with Crippen molar-refractivity contribution in [2.75, 3.05) is 25.6 Å². The van der Waals surface area contributed by atoms with Gasteiger partial charge in [0.25, 0.3) is 0 Å². The van der Waals surface area contributed by atoms with E-state index >= 15 is 0 Å². The molecule has 5 nitrogen and oxygen atoms in total. The number of carbonyl (C=O) groups excluding carboxylic acids is 1. The maximum Gasteiger partial charge on any atom is 0.228 e. The van der Waals surface area contributed by atoms with Crippen LogP contribution in [0.4, 0.5) is 5.69 Å². The van der Waals surface area contributed by atoms with Gasteiger partial charge in [-0.15, -0.1) is 0 Å². The van der Waals surface area contributed by atoms with Crippen molar-refractivity contribution in [3.8, 4) is 17.2 Å². The summed E-state index contributed by atoms with van der Waals surface area (Å²) in [6.45, 7) is 1.06. The minimum absolute atomic E-state index is 0.165. The second-order valence-electron chi connectivity index (χ2n) is 5.05. The van der Waals surface area contributed by atoms with Crippen molar-refractivity contribution < 1.29 is 19.0 Å². The Balaban J connectivity index is 1.71. The number of carbonyl (C=O) groups is 1. The lowest BCUT2D eigenvalue weighted by Crippen LogP contribution is -2.17. The standard InChI is InChI=1S/C17H16ClNO4/c1-21-14-5-3-12(18)10-13(14)19-17(20)9-11-2-4-15-16(8-11)23-7-6-22-15/h2-5,8,10H,6-7,9H2,1H3,(H,19,20). The number of fused-ring (bicyclic) bond motifs is 1. The Morgan fingerprint density at radius 3 is 2.74 bits per heavy atom. The molecule has 0 atom stereocenters. The van der Waals surface area contributed by atoms with E-state index in [0.29, 0.717) is 41.2 Å². The highest BCUT2D eigenvalue weighted by molar-refractivity contribution is 6.31. The topological polar surface area (TPSA) is 56.8 Å². The molecule has 0 saturated carbocycles. The summed E-state index contributed by atoms with van der Waals surface area (Å²) in [5, 5.41) is 3.34. The first-order valence-electron chi connectivity index (χ1n) is 7.17. The van der Waals surface area contributed by atoms with Gasteiger partial charge in [-0.3, -0.25) is 4.79 Å². The fraction of sp³-hybridized carbons (Fsp3) is 0.235. The van der Waals surface area contributed by atoms with Crippen molar-refractivity contribution in [3.63, 3.8) is 0 Å². The number of hydrogen-bond donors (Lipinski definition) is 1. The van der Waals surface area contributed by atoms with E-state index in [0.717, 1.165) is 5.56 Å². The van der Waals surface area contributed by atoms with Gasteiger partial charge in [0.15, 0.2) is 11.5 Å². The first-order valence-corrected chi connectivity index (χ1v) is 7.55. The fourth-order valence-electron chi connectivity index (χ4n) is 2.36. The molecule has 0 unspecified atom stereocenters. The Morgan fingerprint density at radius 2 is 1.96 bits per heavy atom. The van der Waals surface area contributed by atoms with Crippen LogP contribution < -0.4 is 19.5 Å². The lowest BCUT2D eigenvalue weighted by molar-refractivity contribution is -0.115. The fourth-order valence-corrected chi connectivity index (χ4v) is 2.53. The summed E-state index contributed by atoms with van der Waals surface area (Å²) in [6.07, 6.45) is 0.215. The summed E-state index contributed by atoms with van der Waals surface area (Å²) < 4.78 is 16.2. The van der Waals surface area contributed by atoms with Crippen molar-refractivity contribution >= 4 is 23.2 Å². The number of hydrogen-bond acceptors (Lipinski definition) is 4. The van der Waals surface area contributed by atoms with Crippen LogP contribution >= 0.6 is 11.6 Å². The van der Waals surface area contributed by atoms with Crippen molar-refractivity contribution in [2.24, 2.45) is 0 Å². The van der Waals surface area contributed by atoms with Crippen LogP contribution in [0.5, 0.6) is 17.2 Å². The van der Waals surface area contributed by atoms with Crippen LogP contribution in [-0.2, 0) is 11.2 Å². The van der Waals surface area contributed by atoms with Gasteiger partial charge in [0.1, 0.15) is 19.0 Å². The number of ether oxygens (including phenoxy) is 3. The second-order valence-corrected chi connectivity index (χ2v) is 5.48. The van der Waals surface area contributed by atoms with E-state index in [1.807, 2.05) is 18.2 Å². The van der Waals surface area contributed by atoms with E-state index in [-0.39, 0.29) is 12.3 Å². The molecule has 2 aromatic carbocycles. The maximum atomic E-state index is 12.2. The number of anilines is 1. The van der Waals surface area contributed by atoms with Crippen LogP contribution in [-0.4, -0.2) is 26.2 Å². The van der Waals surface area contributed by atoms with Crippen LogP contribution in [0, 0.1) is 0 Å². The molecule has 0 aliphatic carbocycles. The monoisotopic (exact) mass is 333 g/mol. The molecule has 0 fully saturated rings. The lowest BCUT2D eigenvalue weighted by atomic mass is 10.1. The Labute approximate surface area is 139 Å². The van der Waals surface area contributed by atoms with Gasteiger partial charge in [-0.2, -0.15) is 0 Å². The smallest absolute Gasteiger partial charge is 0.228 e. The summed E-state index contributed by atoms with van der Waals surface area (Å²) in [4.78, 5) is 12.2. The predicted molar refractivity (Wildman–Crippen MR) is 87.8 cm³/mol. The van der Waals surface area contributed by atoms with Gasteiger partial charge >= 0.3 is 0 Å². The van der Waals surface area contributed by atoms with E-state index < -0.39 is 0 Å². The predicted octanol–water partition coefficient (Wildman–Crippen LogP) is 3.30. The van der Waals surface area contributed by atoms with E-state index in [1.165, 1.54) is 0 Å². The van der Waals surface area contributed by atoms with Gasteiger partial charge < -0.3 is 19.5 Å². The highest BCUT2D eigenvalue weighted by Crippen LogP contribution is 2.31. The highest BCUT2D eigenvalue weighted by atomic mass is 35.5. The molecule has 23 heavy (non-hydrogen) atoms. The number of halogens is 1. The van der Waals surface area contributed by atoms with Crippen molar-refractivity contribution in [3.05, 3.63) is 47.0 Å². The summed E-state index contributed by atoms with van der Waals surface area (Å²) in [7, 11) is 1.54. The third-order valence-electron chi connectivity index (χ3n) is 3.41. The number of methoxy groups -OCH3 is 1. The molecule has 0 bridgehead atoms. The average Bonchev–Trinajstić information content (AvgIpc) is 2.55. The van der Waals surface area contributed by atoms with Crippen LogP contribution in [0.3, 0.4) is 0 Å². The second kappa shape index (κ2) is 6.79. The molecular weight excluding hydrogens is 318 g/mol. The zero-order valence-electron chi connectivity index (χ0n) is 12.6. The van der Waals surface area contributed by atoms with Gasteiger partial charge in [-0.1, -0.05) is 17.7 Å². The maximum absolute atomic E-state index is 12.2. The number of amides is 1. The van der Waals surface area contributed by atoms with Crippen LogP contribution in [0.25, 0.3) is 0 Å². The molecule has 1 heterocycles. The Hall–Kier alpha value is -2.40. The molecule has 0 aromatic heterocycles. The van der Waals surface area contributed by atoms with Crippen molar-refractivity contribution in [1.82, 2.24) is 0 Å². The highest BCUT2D eigenvalue weighted by Gasteiger charge is 2.14. The van der Waals surface area contributed by atoms with Crippen LogP contribution in [0.2, 0.25) is 5.02 Å². The minimum Gasteiger partial charge on any atom is -0.495 e. The molecule has 1 amide bonds. The van der Waals surface area contributed by atoms with E-state index in [4.69, 9.17) is 25.8 Å². The number of rotatable bonds is 4. The molecule has 2 aromatic rings. The Morgan fingerprint density at radius 1 is 1.17 bits per heavy atom. The van der Waals surface area contributed by atoms with E-state index in [9.17, 15) is 4.79 Å². The van der Waals surface area contributed by atoms with Gasteiger partial charge in [0.2, 0.25) is 5.91 Å². The SMILES string of the molecule is COc1ccc(Cl)cc1NC(=O)Cc1ccc2c(c1)OCCO2. The number of nitrogens with one attached hydrogen (secondary N) is 1. The molecule has 1 N–H and O–H groups in total. The first kappa shape index (κ1) is 15.5. The average molecular weight is 334 g/mol. The van der Waals surface area contributed by atoms with Crippen LogP contribution in [0.1, 0.15) is 5.56 Å². The first-order chi connectivity index (χ1) is 11.2. The summed E-state index contributed by atoms with van der Waals surface area (Å²) >= 11 is 5.96. The third kappa shape index (κ3) is 3.68. The quantitative estimate of drug-likeness (QED) is 0.932. The van der Waals surface area contributed by atoms with Gasteiger partial charge in [-0.25, -0.2) is 0 Å². The molecule has 1 aliphatic rings. The largest absolute Gasteiger partial charge is 0.495 e. The zero-order chi connectivity index (χ0) is 16.2. The third-order valence-corrected chi connectivity index (χ3v) is 3.64. The normalized spacial score (nSPS) is 12.6. The van der Waals surface area contributed by atoms with E-state index in [1.54, 1.807) is 25.3 Å². The number of benzene rings is 2. The summed E-state index contributed by atoms with van der Waals surface area (Å²) in [5.74, 6) is 1.77. The molecule has 6 heteroatoms. The summed E-state index contributed by atoms with van der Waals surface area (Å²) in [6, 6.07) is 10.6. The Kier molecular flexibility index (Phi) is 4.57. The zero-order valence-corrected chi connectivity index (χ0v) is 13.4. The van der Waals surface area contributed by atoms with Crippen molar-refractivity contribution in [1.29, 1.82) is 0 Å². The molecule has 3 rings (SSSR count). The molecule has 0 saturated heterocycles. The summed E-state index contributed by atoms with van der Waals surface area (Å²) in [5.41, 5.74) is 1.38. The molecule has 0 spiro atoms. The molecule has 0 radical (unpaired) electrons. The van der Waals surface area contributed by atoms with Gasteiger partial charge in [0.05, 0.1) is 19.2 Å². The Bertz CT molecular complexity index is 733. The lowest BCUT2D eigenvalue weighted by Gasteiger charge is -2.18.